The number of aromatic hydroxyl groups is 1. The van der Waals surface area contributed by atoms with Crippen LogP contribution in [0, 0.1) is 0 Å². The summed E-state index contributed by atoms with van der Waals surface area (Å²) >= 11 is 0. The molecule has 86 valence electrons. The Kier molecular flexibility index (Phi) is 1.79. The number of nitrogen functional groups attached to an aromatic ring is 2. The zero-order valence-corrected chi connectivity index (χ0v) is 8.88. The third-order valence-electron chi connectivity index (χ3n) is 2.68. The van der Waals surface area contributed by atoms with E-state index < -0.39 is 0 Å². The van der Waals surface area contributed by atoms with Gasteiger partial charge in [0.15, 0.2) is 0 Å². The first-order chi connectivity index (χ1) is 8.16. The molecule has 0 spiro atoms. The maximum atomic E-state index is 9.75. The Hall–Kier alpha value is -2.63. The van der Waals surface area contributed by atoms with Crippen molar-refractivity contribution >= 4 is 16.9 Å². The molecule has 0 bridgehead atoms. The molecule has 0 fully saturated rings. The molecule has 1 aromatic carbocycles. The standard InChI is InChI=1S/C11H11N5O/c12-10-9(8(17)5-16(10)13)11-14-6-3-1-2-4-7(6)15-11/h1-5,17H,12-13H2,(H,14,15). The molecular weight excluding hydrogens is 218 g/mol. The lowest BCUT2D eigenvalue weighted by molar-refractivity contribution is 0.476. The fraction of sp³-hybridized carbons (Fsp3) is 0. The van der Waals surface area contributed by atoms with Gasteiger partial charge in [-0.25, -0.2) is 9.66 Å². The first kappa shape index (κ1) is 9.59. The molecular formula is C11H11N5O. The summed E-state index contributed by atoms with van der Waals surface area (Å²) in [6.07, 6.45) is 1.35. The van der Waals surface area contributed by atoms with E-state index in [9.17, 15) is 5.11 Å². The van der Waals surface area contributed by atoms with Gasteiger partial charge in [-0.3, -0.25) is 0 Å². The number of fused-ring (bicyclic) bond motifs is 1. The number of rotatable bonds is 1. The first-order valence-corrected chi connectivity index (χ1v) is 5.07. The van der Waals surface area contributed by atoms with Crippen molar-refractivity contribution < 1.29 is 5.11 Å². The van der Waals surface area contributed by atoms with E-state index in [1.807, 2.05) is 24.3 Å². The molecule has 0 saturated heterocycles. The van der Waals surface area contributed by atoms with Gasteiger partial charge in [-0.1, -0.05) is 12.1 Å². The van der Waals surface area contributed by atoms with Crippen molar-refractivity contribution in [1.82, 2.24) is 14.6 Å². The number of para-hydroxylation sites is 2. The fourth-order valence-electron chi connectivity index (χ4n) is 1.84. The van der Waals surface area contributed by atoms with Crippen LogP contribution in [0.1, 0.15) is 0 Å². The Morgan fingerprint density at radius 1 is 1.29 bits per heavy atom. The van der Waals surface area contributed by atoms with Gasteiger partial charge in [-0.05, 0) is 12.1 Å². The number of H-pyrrole nitrogens is 1. The van der Waals surface area contributed by atoms with E-state index in [1.165, 1.54) is 6.20 Å². The quantitative estimate of drug-likeness (QED) is 0.467. The molecule has 0 unspecified atom stereocenters. The van der Waals surface area contributed by atoms with E-state index >= 15 is 0 Å². The van der Waals surface area contributed by atoms with E-state index in [0.29, 0.717) is 11.4 Å². The topological polar surface area (TPSA) is 106 Å². The van der Waals surface area contributed by atoms with Gasteiger partial charge in [0.25, 0.3) is 0 Å². The number of hydrogen-bond acceptors (Lipinski definition) is 4. The van der Waals surface area contributed by atoms with Gasteiger partial charge in [0.2, 0.25) is 0 Å². The fourth-order valence-corrected chi connectivity index (χ4v) is 1.84. The molecule has 0 aliphatic rings. The highest BCUT2D eigenvalue weighted by atomic mass is 16.3. The van der Waals surface area contributed by atoms with E-state index in [0.717, 1.165) is 15.7 Å². The molecule has 0 radical (unpaired) electrons. The number of nitrogens with two attached hydrogens (primary N) is 2. The van der Waals surface area contributed by atoms with Crippen molar-refractivity contribution in [3.8, 4) is 17.1 Å². The zero-order chi connectivity index (χ0) is 12.0. The smallest absolute Gasteiger partial charge is 0.148 e. The van der Waals surface area contributed by atoms with Gasteiger partial charge < -0.3 is 21.7 Å². The van der Waals surface area contributed by atoms with Gasteiger partial charge in [0.1, 0.15) is 23.0 Å². The summed E-state index contributed by atoms with van der Waals surface area (Å²) in [4.78, 5) is 7.44. The van der Waals surface area contributed by atoms with Crippen LogP contribution in [0.3, 0.4) is 0 Å². The van der Waals surface area contributed by atoms with Crippen LogP contribution < -0.4 is 11.6 Å². The van der Waals surface area contributed by atoms with Crippen LogP contribution in [-0.2, 0) is 0 Å². The monoisotopic (exact) mass is 229 g/mol. The van der Waals surface area contributed by atoms with Crippen molar-refractivity contribution in [2.45, 2.75) is 0 Å². The Morgan fingerprint density at radius 3 is 2.71 bits per heavy atom. The minimum atomic E-state index is 0.00376. The Balaban J connectivity index is 2.27. The number of imidazole rings is 1. The molecule has 6 heteroatoms. The van der Waals surface area contributed by atoms with Gasteiger partial charge in [0, 0.05) is 0 Å². The Bertz CT molecular complexity index is 664. The number of benzene rings is 1. The SMILES string of the molecule is Nc1c(-c2nc3ccccc3[nH]2)c(O)cn1N. The summed E-state index contributed by atoms with van der Waals surface area (Å²) in [5.74, 6) is 6.34. The predicted molar refractivity (Wildman–Crippen MR) is 65.7 cm³/mol. The number of hydrogen-bond donors (Lipinski definition) is 4. The highest BCUT2D eigenvalue weighted by molar-refractivity contribution is 5.84. The van der Waals surface area contributed by atoms with Crippen LogP contribution in [-0.4, -0.2) is 19.8 Å². The molecule has 17 heavy (non-hydrogen) atoms. The van der Waals surface area contributed by atoms with Gasteiger partial charge >= 0.3 is 0 Å². The normalized spacial score (nSPS) is 11.1. The maximum Gasteiger partial charge on any atom is 0.148 e. The summed E-state index contributed by atoms with van der Waals surface area (Å²) in [6.45, 7) is 0. The Morgan fingerprint density at radius 2 is 2.06 bits per heavy atom. The van der Waals surface area contributed by atoms with E-state index in [2.05, 4.69) is 9.97 Å². The van der Waals surface area contributed by atoms with Crippen LogP contribution in [0.5, 0.6) is 5.75 Å². The van der Waals surface area contributed by atoms with Crippen LogP contribution >= 0.6 is 0 Å². The third kappa shape index (κ3) is 1.31. The third-order valence-corrected chi connectivity index (χ3v) is 2.68. The minimum Gasteiger partial charge on any atom is -0.505 e. The number of nitrogens with one attached hydrogen (secondary N) is 1. The van der Waals surface area contributed by atoms with E-state index in [4.69, 9.17) is 11.6 Å². The minimum absolute atomic E-state index is 0.00376. The number of anilines is 1. The summed E-state index contributed by atoms with van der Waals surface area (Å²) in [5.41, 5.74) is 7.89. The molecule has 2 heterocycles. The summed E-state index contributed by atoms with van der Waals surface area (Å²) < 4.78 is 1.16. The van der Waals surface area contributed by atoms with Crippen molar-refractivity contribution in [1.29, 1.82) is 0 Å². The van der Waals surface area contributed by atoms with Crippen LogP contribution in [0.4, 0.5) is 5.82 Å². The highest BCUT2D eigenvalue weighted by Crippen LogP contribution is 2.34. The van der Waals surface area contributed by atoms with E-state index in [1.54, 1.807) is 0 Å². The average molecular weight is 229 g/mol. The van der Waals surface area contributed by atoms with Crippen LogP contribution in [0.25, 0.3) is 22.4 Å². The van der Waals surface area contributed by atoms with Crippen molar-refractivity contribution in [3.63, 3.8) is 0 Å². The average Bonchev–Trinajstić information content (AvgIpc) is 2.81. The maximum absolute atomic E-state index is 9.75. The zero-order valence-electron chi connectivity index (χ0n) is 8.88. The highest BCUT2D eigenvalue weighted by Gasteiger charge is 2.16. The summed E-state index contributed by atoms with van der Waals surface area (Å²) in [5, 5.41) is 9.75. The summed E-state index contributed by atoms with van der Waals surface area (Å²) in [7, 11) is 0. The molecule has 0 aliphatic carbocycles. The second-order valence-corrected chi connectivity index (χ2v) is 3.78. The molecule has 6 nitrogen and oxygen atoms in total. The second-order valence-electron chi connectivity index (χ2n) is 3.78. The molecule has 0 saturated carbocycles. The number of aromatic amines is 1. The molecule has 0 aliphatic heterocycles. The van der Waals surface area contributed by atoms with Crippen molar-refractivity contribution in [3.05, 3.63) is 30.5 Å². The molecule has 0 amide bonds. The predicted octanol–water partition coefficient (Wildman–Crippen LogP) is 1.03. The van der Waals surface area contributed by atoms with Crippen LogP contribution in [0.15, 0.2) is 30.5 Å². The molecule has 2 aromatic heterocycles. The van der Waals surface area contributed by atoms with Crippen molar-refractivity contribution in [2.75, 3.05) is 11.6 Å². The largest absolute Gasteiger partial charge is 0.505 e. The first-order valence-electron chi connectivity index (χ1n) is 5.07. The number of aromatic nitrogens is 3. The van der Waals surface area contributed by atoms with E-state index in [-0.39, 0.29) is 11.6 Å². The van der Waals surface area contributed by atoms with Crippen molar-refractivity contribution in [2.24, 2.45) is 0 Å². The summed E-state index contributed by atoms with van der Waals surface area (Å²) in [6, 6.07) is 7.58. The van der Waals surface area contributed by atoms with Gasteiger partial charge in [-0.2, -0.15) is 0 Å². The van der Waals surface area contributed by atoms with Crippen LogP contribution in [0.2, 0.25) is 0 Å². The molecule has 6 N–H and O–H groups in total. The van der Waals surface area contributed by atoms with Gasteiger partial charge in [-0.15, -0.1) is 0 Å². The lowest BCUT2D eigenvalue weighted by Crippen LogP contribution is -2.10. The second kappa shape index (κ2) is 3.18. The Labute approximate surface area is 96.5 Å². The molecule has 0 atom stereocenters. The molecule has 3 aromatic rings. The number of nitrogens with zero attached hydrogens (tertiary/aromatic N) is 2. The molecule has 3 rings (SSSR count). The lowest BCUT2D eigenvalue weighted by Gasteiger charge is -1.97. The lowest BCUT2D eigenvalue weighted by atomic mass is 10.3. The van der Waals surface area contributed by atoms with Gasteiger partial charge in [0.05, 0.1) is 17.2 Å².